The fourth-order valence-electron chi connectivity index (χ4n) is 2.01. The number of benzene rings is 1. The topological polar surface area (TPSA) is 33.6 Å². The first kappa shape index (κ1) is 12.1. The van der Waals surface area contributed by atoms with Crippen LogP contribution in [0.4, 0.5) is 0 Å². The first-order valence-corrected chi connectivity index (χ1v) is 6.24. The third kappa shape index (κ3) is 3.86. The van der Waals surface area contributed by atoms with E-state index in [2.05, 4.69) is 22.4 Å². The second kappa shape index (κ2) is 6.40. The zero-order valence-electron chi connectivity index (χ0n) is 10.4. The quantitative estimate of drug-likeness (QED) is 0.862. The number of aliphatic imine (C=N–C) groups is 1. The van der Waals surface area contributed by atoms with Crippen molar-refractivity contribution in [1.29, 1.82) is 0 Å². The van der Waals surface area contributed by atoms with Crippen LogP contribution >= 0.6 is 0 Å². The minimum absolute atomic E-state index is 0.892. The summed E-state index contributed by atoms with van der Waals surface area (Å²) in [5, 5.41) is 3.35. The number of hydrogen-bond acceptors (Lipinski definition) is 3. The van der Waals surface area contributed by atoms with Gasteiger partial charge in [0.15, 0.2) is 0 Å². The number of nitrogens with one attached hydrogen (secondary N) is 1. The summed E-state index contributed by atoms with van der Waals surface area (Å²) in [7, 11) is 1.69. The van der Waals surface area contributed by atoms with Gasteiger partial charge >= 0.3 is 0 Å². The lowest BCUT2D eigenvalue weighted by molar-refractivity contribution is 0.414. The Morgan fingerprint density at radius 2 is 2.12 bits per heavy atom. The molecule has 1 saturated heterocycles. The summed E-state index contributed by atoms with van der Waals surface area (Å²) in [6, 6.07) is 8.23. The fraction of sp³-hybridized carbons (Fsp3) is 0.500. The van der Waals surface area contributed by atoms with Crippen LogP contribution in [0, 0.1) is 0 Å². The Balaban J connectivity index is 1.80. The standard InChI is InChI=1S/C14H20N2O/c1-17-14-6-4-12(5-7-14)8-10-16-13-3-2-9-15-11-13/h4-7,15H,2-3,8-11H2,1H3. The molecule has 3 heteroatoms. The van der Waals surface area contributed by atoms with Crippen LogP contribution < -0.4 is 10.1 Å². The van der Waals surface area contributed by atoms with E-state index in [9.17, 15) is 0 Å². The van der Waals surface area contributed by atoms with Crippen LogP contribution in [0.15, 0.2) is 29.3 Å². The van der Waals surface area contributed by atoms with Crippen LogP contribution in [0.25, 0.3) is 0 Å². The van der Waals surface area contributed by atoms with Gasteiger partial charge in [-0.15, -0.1) is 0 Å². The molecule has 0 amide bonds. The first-order chi connectivity index (χ1) is 8.38. The highest BCUT2D eigenvalue weighted by molar-refractivity contribution is 5.87. The molecule has 1 aliphatic rings. The molecule has 0 bridgehead atoms. The van der Waals surface area contributed by atoms with Crippen molar-refractivity contribution in [3.63, 3.8) is 0 Å². The Bertz CT molecular complexity index is 362. The van der Waals surface area contributed by atoms with Crippen molar-refractivity contribution in [3.05, 3.63) is 29.8 Å². The molecule has 0 aliphatic carbocycles. The molecule has 92 valence electrons. The lowest BCUT2D eigenvalue weighted by Crippen LogP contribution is -2.30. The molecule has 1 aromatic carbocycles. The highest BCUT2D eigenvalue weighted by Crippen LogP contribution is 2.11. The molecular formula is C14H20N2O. The van der Waals surface area contributed by atoms with Crippen molar-refractivity contribution in [2.45, 2.75) is 19.3 Å². The summed E-state index contributed by atoms with van der Waals surface area (Å²) in [4.78, 5) is 4.64. The SMILES string of the molecule is COc1ccc(CCN=C2CCCNC2)cc1. The van der Waals surface area contributed by atoms with E-state index in [1.165, 1.54) is 17.7 Å². The third-order valence-corrected chi connectivity index (χ3v) is 3.04. The Kier molecular flexibility index (Phi) is 4.56. The van der Waals surface area contributed by atoms with Crippen molar-refractivity contribution >= 4 is 5.71 Å². The number of methoxy groups -OCH3 is 1. The summed E-state index contributed by atoms with van der Waals surface area (Å²) in [6.07, 6.45) is 3.39. The predicted molar refractivity (Wildman–Crippen MR) is 71.1 cm³/mol. The summed E-state index contributed by atoms with van der Waals surface area (Å²) < 4.78 is 5.13. The predicted octanol–water partition coefficient (Wildman–Crippen LogP) is 2.06. The van der Waals surface area contributed by atoms with E-state index in [1.54, 1.807) is 7.11 Å². The van der Waals surface area contributed by atoms with Gasteiger partial charge in [0.2, 0.25) is 0 Å². The number of nitrogens with zero attached hydrogens (tertiary/aromatic N) is 1. The Morgan fingerprint density at radius 1 is 1.29 bits per heavy atom. The van der Waals surface area contributed by atoms with Gasteiger partial charge in [0.25, 0.3) is 0 Å². The molecule has 2 rings (SSSR count). The second-order valence-corrected chi connectivity index (χ2v) is 4.33. The lowest BCUT2D eigenvalue weighted by Gasteiger charge is -2.14. The van der Waals surface area contributed by atoms with Gasteiger partial charge in [-0.25, -0.2) is 0 Å². The summed E-state index contributed by atoms with van der Waals surface area (Å²) >= 11 is 0. The van der Waals surface area contributed by atoms with E-state index in [1.807, 2.05) is 12.1 Å². The molecule has 0 atom stereocenters. The summed E-state index contributed by atoms with van der Waals surface area (Å²) in [5.74, 6) is 0.913. The molecule has 1 N–H and O–H groups in total. The molecule has 17 heavy (non-hydrogen) atoms. The van der Waals surface area contributed by atoms with E-state index in [-0.39, 0.29) is 0 Å². The minimum Gasteiger partial charge on any atom is -0.497 e. The smallest absolute Gasteiger partial charge is 0.118 e. The number of piperidine rings is 1. The molecular weight excluding hydrogens is 212 g/mol. The lowest BCUT2D eigenvalue weighted by atomic mass is 10.1. The molecule has 3 nitrogen and oxygen atoms in total. The third-order valence-electron chi connectivity index (χ3n) is 3.04. The molecule has 0 aromatic heterocycles. The number of hydrogen-bond donors (Lipinski definition) is 1. The van der Waals surface area contributed by atoms with E-state index in [0.717, 1.165) is 38.2 Å². The molecule has 0 saturated carbocycles. The maximum atomic E-state index is 5.13. The zero-order chi connectivity index (χ0) is 11.9. The molecule has 1 heterocycles. The monoisotopic (exact) mass is 232 g/mol. The Labute approximate surface area is 103 Å². The normalized spacial score (nSPS) is 18.3. The van der Waals surface area contributed by atoms with Crippen molar-refractivity contribution in [2.75, 3.05) is 26.7 Å². The van der Waals surface area contributed by atoms with Crippen LogP contribution in [0.2, 0.25) is 0 Å². The van der Waals surface area contributed by atoms with E-state index >= 15 is 0 Å². The maximum absolute atomic E-state index is 5.13. The average molecular weight is 232 g/mol. The van der Waals surface area contributed by atoms with Crippen molar-refractivity contribution in [2.24, 2.45) is 4.99 Å². The largest absolute Gasteiger partial charge is 0.497 e. The highest BCUT2D eigenvalue weighted by Gasteiger charge is 2.04. The van der Waals surface area contributed by atoms with Gasteiger partial charge < -0.3 is 10.1 Å². The van der Waals surface area contributed by atoms with Gasteiger partial charge in [0, 0.05) is 18.8 Å². The Morgan fingerprint density at radius 3 is 2.76 bits per heavy atom. The zero-order valence-corrected chi connectivity index (χ0v) is 10.4. The first-order valence-electron chi connectivity index (χ1n) is 6.24. The van der Waals surface area contributed by atoms with Gasteiger partial charge in [0.1, 0.15) is 5.75 Å². The average Bonchev–Trinajstić information content (AvgIpc) is 2.41. The molecule has 1 aromatic rings. The molecule has 0 unspecified atom stereocenters. The van der Waals surface area contributed by atoms with Crippen molar-refractivity contribution in [3.8, 4) is 5.75 Å². The van der Waals surface area contributed by atoms with E-state index in [0.29, 0.717) is 0 Å². The summed E-state index contributed by atoms with van der Waals surface area (Å²) in [6.45, 7) is 3.00. The van der Waals surface area contributed by atoms with Crippen LogP contribution in [-0.2, 0) is 6.42 Å². The van der Waals surface area contributed by atoms with Crippen molar-refractivity contribution in [1.82, 2.24) is 5.32 Å². The van der Waals surface area contributed by atoms with Crippen LogP contribution in [0.5, 0.6) is 5.75 Å². The fourth-order valence-corrected chi connectivity index (χ4v) is 2.01. The van der Waals surface area contributed by atoms with Crippen LogP contribution in [0.3, 0.4) is 0 Å². The molecule has 1 aliphatic heterocycles. The summed E-state index contributed by atoms with van der Waals surface area (Å²) in [5.41, 5.74) is 2.64. The second-order valence-electron chi connectivity index (χ2n) is 4.33. The molecule has 1 fully saturated rings. The maximum Gasteiger partial charge on any atom is 0.118 e. The van der Waals surface area contributed by atoms with Crippen molar-refractivity contribution < 1.29 is 4.74 Å². The van der Waals surface area contributed by atoms with Gasteiger partial charge in [-0.2, -0.15) is 0 Å². The minimum atomic E-state index is 0.892. The van der Waals surface area contributed by atoms with Gasteiger partial charge in [0.05, 0.1) is 7.11 Å². The van der Waals surface area contributed by atoms with Gasteiger partial charge in [-0.05, 0) is 43.5 Å². The highest BCUT2D eigenvalue weighted by atomic mass is 16.5. The van der Waals surface area contributed by atoms with Gasteiger partial charge in [-0.3, -0.25) is 4.99 Å². The van der Waals surface area contributed by atoms with Crippen LogP contribution in [-0.4, -0.2) is 32.5 Å². The Hall–Kier alpha value is -1.35. The molecule has 0 radical (unpaired) electrons. The molecule has 0 spiro atoms. The van der Waals surface area contributed by atoms with E-state index < -0.39 is 0 Å². The van der Waals surface area contributed by atoms with Crippen LogP contribution in [0.1, 0.15) is 18.4 Å². The number of rotatable bonds is 4. The van der Waals surface area contributed by atoms with Gasteiger partial charge in [-0.1, -0.05) is 12.1 Å². The number of ether oxygens (including phenoxy) is 1. The van der Waals surface area contributed by atoms with E-state index in [4.69, 9.17) is 4.74 Å².